The molecule has 1 aliphatic heterocycles. The number of nitrogens with one attached hydrogen (secondary N) is 2. The number of ether oxygens (including phenoxy) is 3. The summed E-state index contributed by atoms with van der Waals surface area (Å²) in [5.41, 5.74) is 1.48. The van der Waals surface area contributed by atoms with Crippen molar-refractivity contribution in [2.24, 2.45) is 5.92 Å². The van der Waals surface area contributed by atoms with Gasteiger partial charge < -0.3 is 29.7 Å². The maximum atomic E-state index is 12.9. The second kappa shape index (κ2) is 9.38. The van der Waals surface area contributed by atoms with Crippen LogP contribution in [0, 0.1) is 5.92 Å². The third-order valence-electron chi connectivity index (χ3n) is 4.95. The number of nitrogens with zero attached hydrogens (tertiary/aromatic N) is 1. The Labute approximate surface area is 180 Å². The van der Waals surface area contributed by atoms with Crippen LogP contribution < -0.4 is 29.7 Å². The van der Waals surface area contributed by atoms with Gasteiger partial charge in [-0.15, -0.1) is 0 Å². The zero-order valence-corrected chi connectivity index (χ0v) is 17.9. The van der Waals surface area contributed by atoms with Crippen molar-refractivity contribution in [3.05, 3.63) is 36.4 Å². The maximum absolute atomic E-state index is 12.9. The molecule has 1 heterocycles. The van der Waals surface area contributed by atoms with Crippen LogP contribution in [0.4, 0.5) is 17.1 Å². The monoisotopic (exact) mass is 427 g/mol. The predicted octanol–water partition coefficient (Wildman–Crippen LogP) is 2.66. The first kappa shape index (κ1) is 21.9. The molecule has 2 N–H and O–H groups in total. The molecule has 0 aliphatic carbocycles. The summed E-state index contributed by atoms with van der Waals surface area (Å²) in [6.07, 6.45) is 0.0555. The number of hydrogen-bond donors (Lipinski definition) is 2. The summed E-state index contributed by atoms with van der Waals surface area (Å²) in [4.78, 5) is 38.5. The van der Waals surface area contributed by atoms with Crippen molar-refractivity contribution in [2.45, 2.75) is 13.3 Å². The Bertz CT molecular complexity index is 1010. The number of carbonyl (C=O) groups is 3. The molecule has 164 valence electrons. The molecule has 1 aliphatic rings. The molecule has 1 atom stereocenters. The summed E-state index contributed by atoms with van der Waals surface area (Å²) in [7, 11) is 4.54. The van der Waals surface area contributed by atoms with Gasteiger partial charge in [-0.1, -0.05) is 0 Å². The van der Waals surface area contributed by atoms with Gasteiger partial charge in [0.05, 0.1) is 38.6 Å². The van der Waals surface area contributed by atoms with E-state index in [1.165, 1.54) is 33.2 Å². The highest BCUT2D eigenvalue weighted by Gasteiger charge is 2.36. The number of benzene rings is 2. The number of rotatable bonds is 7. The zero-order valence-electron chi connectivity index (χ0n) is 17.9. The lowest BCUT2D eigenvalue weighted by molar-refractivity contribution is -0.122. The molecule has 9 nitrogen and oxygen atoms in total. The fraction of sp³-hybridized carbons (Fsp3) is 0.318. The second-order valence-corrected chi connectivity index (χ2v) is 7.03. The quantitative estimate of drug-likeness (QED) is 0.704. The molecule has 0 saturated carbocycles. The molecular weight excluding hydrogens is 402 g/mol. The molecule has 3 amide bonds. The minimum Gasteiger partial charge on any atom is -0.497 e. The van der Waals surface area contributed by atoms with Crippen molar-refractivity contribution in [3.63, 3.8) is 0 Å². The van der Waals surface area contributed by atoms with E-state index >= 15 is 0 Å². The van der Waals surface area contributed by atoms with Crippen LogP contribution in [-0.2, 0) is 14.4 Å². The summed E-state index contributed by atoms with van der Waals surface area (Å²) in [5.74, 6) is 0.222. The van der Waals surface area contributed by atoms with Crippen molar-refractivity contribution < 1.29 is 28.6 Å². The number of anilines is 3. The fourth-order valence-electron chi connectivity index (χ4n) is 3.45. The van der Waals surface area contributed by atoms with Gasteiger partial charge >= 0.3 is 0 Å². The van der Waals surface area contributed by atoms with Crippen LogP contribution in [-0.4, -0.2) is 45.6 Å². The Kier molecular flexibility index (Phi) is 6.64. The SMILES string of the molecule is COc1ccc(OC)c(N2CC(C(=O)Nc3cc(NC(C)=O)ccc3OC)CC2=O)c1. The average molecular weight is 427 g/mol. The zero-order chi connectivity index (χ0) is 22.5. The lowest BCUT2D eigenvalue weighted by Crippen LogP contribution is -2.28. The van der Waals surface area contributed by atoms with Gasteiger partial charge in [0.25, 0.3) is 0 Å². The van der Waals surface area contributed by atoms with E-state index in [2.05, 4.69) is 10.6 Å². The van der Waals surface area contributed by atoms with Crippen LogP contribution in [0.3, 0.4) is 0 Å². The lowest BCUT2D eigenvalue weighted by atomic mass is 10.1. The second-order valence-electron chi connectivity index (χ2n) is 7.03. The summed E-state index contributed by atoms with van der Waals surface area (Å²) >= 11 is 0. The predicted molar refractivity (Wildman–Crippen MR) is 116 cm³/mol. The molecule has 1 fully saturated rings. The van der Waals surface area contributed by atoms with Crippen LogP contribution >= 0.6 is 0 Å². The summed E-state index contributed by atoms with van der Waals surface area (Å²) in [5, 5.41) is 5.48. The van der Waals surface area contributed by atoms with Crippen LogP contribution in [0.25, 0.3) is 0 Å². The van der Waals surface area contributed by atoms with Gasteiger partial charge in [0.1, 0.15) is 17.2 Å². The normalized spacial score (nSPS) is 15.4. The van der Waals surface area contributed by atoms with Gasteiger partial charge in [-0.05, 0) is 30.3 Å². The van der Waals surface area contributed by atoms with Crippen LogP contribution in [0.5, 0.6) is 17.2 Å². The summed E-state index contributed by atoms with van der Waals surface area (Å²) < 4.78 is 15.9. The molecule has 2 aromatic carbocycles. The average Bonchev–Trinajstić information content (AvgIpc) is 3.14. The molecule has 3 rings (SSSR count). The van der Waals surface area contributed by atoms with E-state index in [4.69, 9.17) is 14.2 Å². The first-order valence-corrected chi connectivity index (χ1v) is 9.65. The van der Waals surface area contributed by atoms with Gasteiger partial charge in [0, 0.05) is 31.6 Å². The molecule has 31 heavy (non-hydrogen) atoms. The Morgan fingerprint density at radius 3 is 2.32 bits per heavy atom. The number of methoxy groups -OCH3 is 3. The largest absolute Gasteiger partial charge is 0.497 e. The van der Waals surface area contributed by atoms with Crippen molar-refractivity contribution in [1.29, 1.82) is 0 Å². The number of carbonyl (C=O) groups excluding carboxylic acids is 3. The summed E-state index contributed by atoms with van der Waals surface area (Å²) in [6.45, 7) is 1.59. The van der Waals surface area contributed by atoms with E-state index in [0.717, 1.165) is 0 Å². The molecular formula is C22H25N3O6. The van der Waals surface area contributed by atoms with Gasteiger partial charge in [-0.2, -0.15) is 0 Å². The van der Waals surface area contributed by atoms with E-state index < -0.39 is 5.92 Å². The Morgan fingerprint density at radius 1 is 0.968 bits per heavy atom. The molecule has 9 heteroatoms. The first-order valence-electron chi connectivity index (χ1n) is 9.65. The lowest BCUT2D eigenvalue weighted by Gasteiger charge is -2.20. The summed E-state index contributed by atoms with van der Waals surface area (Å²) in [6, 6.07) is 10.1. The third kappa shape index (κ3) is 4.88. The molecule has 0 spiro atoms. The van der Waals surface area contributed by atoms with Gasteiger partial charge in [0.2, 0.25) is 17.7 Å². The number of amides is 3. The first-order chi connectivity index (χ1) is 14.9. The van der Waals surface area contributed by atoms with Gasteiger partial charge in [-0.25, -0.2) is 0 Å². The molecule has 1 saturated heterocycles. The Morgan fingerprint density at radius 2 is 1.68 bits per heavy atom. The van der Waals surface area contributed by atoms with Crippen molar-refractivity contribution in [2.75, 3.05) is 43.4 Å². The molecule has 1 unspecified atom stereocenters. The van der Waals surface area contributed by atoms with E-state index in [1.807, 2.05) is 0 Å². The molecule has 0 radical (unpaired) electrons. The molecule has 2 aromatic rings. The standard InChI is InChI=1S/C22H25N3O6/c1-13(26)23-15-5-7-19(30-3)17(10-15)24-22(28)14-9-21(27)25(12-14)18-11-16(29-2)6-8-20(18)31-4/h5-8,10-11,14H,9,12H2,1-4H3,(H,23,26)(H,24,28). The van der Waals surface area contributed by atoms with Crippen molar-refractivity contribution in [1.82, 2.24) is 0 Å². The maximum Gasteiger partial charge on any atom is 0.229 e. The molecule has 0 aromatic heterocycles. The molecule has 0 bridgehead atoms. The van der Waals surface area contributed by atoms with E-state index in [-0.39, 0.29) is 30.7 Å². The van der Waals surface area contributed by atoms with Crippen LogP contribution in [0.1, 0.15) is 13.3 Å². The van der Waals surface area contributed by atoms with E-state index in [1.54, 1.807) is 36.4 Å². The van der Waals surface area contributed by atoms with E-state index in [0.29, 0.717) is 34.3 Å². The minimum atomic E-state index is -0.572. The third-order valence-corrected chi connectivity index (χ3v) is 4.95. The Balaban J connectivity index is 1.79. The van der Waals surface area contributed by atoms with Crippen LogP contribution in [0.15, 0.2) is 36.4 Å². The smallest absolute Gasteiger partial charge is 0.229 e. The number of hydrogen-bond acceptors (Lipinski definition) is 6. The van der Waals surface area contributed by atoms with Gasteiger partial charge in [0.15, 0.2) is 0 Å². The Hall–Kier alpha value is -3.75. The van der Waals surface area contributed by atoms with E-state index in [9.17, 15) is 14.4 Å². The van der Waals surface area contributed by atoms with Gasteiger partial charge in [-0.3, -0.25) is 14.4 Å². The topological polar surface area (TPSA) is 106 Å². The highest BCUT2D eigenvalue weighted by Crippen LogP contribution is 2.36. The fourth-order valence-corrected chi connectivity index (χ4v) is 3.45. The van der Waals surface area contributed by atoms with Crippen molar-refractivity contribution >= 4 is 34.8 Å². The van der Waals surface area contributed by atoms with Crippen molar-refractivity contribution in [3.8, 4) is 17.2 Å². The highest BCUT2D eigenvalue weighted by molar-refractivity contribution is 6.05. The van der Waals surface area contributed by atoms with Crippen LogP contribution in [0.2, 0.25) is 0 Å². The minimum absolute atomic E-state index is 0.0555. The highest BCUT2D eigenvalue weighted by atomic mass is 16.5.